The van der Waals surface area contributed by atoms with Gasteiger partial charge in [-0.1, -0.05) is 13.8 Å². The van der Waals surface area contributed by atoms with Crippen molar-refractivity contribution in [3.8, 4) is 0 Å². The number of nitrogens with one attached hydrogen (secondary N) is 3. The van der Waals surface area contributed by atoms with Crippen LogP contribution >= 0.6 is 0 Å². The summed E-state index contributed by atoms with van der Waals surface area (Å²) in [6.45, 7) is 4.10. The van der Waals surface area contributed by atoms with Crippen LogP contribution in [0, 0.1) is 5.92 Å². The summed E-state index contributed by atoms with van der Waals surface area (Å²) in [7, 11) is 0. The molecular formula is C12H22N4O5. The van der Waals surface area contributed by atoms with Crippen molar-refractivity contribution < 1.29 is 24.3 Å². The summed E-state index contributed by atoms with van der Waals surface area (Å²) in [5, 5.41) is 15.5. The second-order valence-corrected chi connectivity index (χ2v) is 4.84. The Kier molecular flexibility index (Phi) is 7.99. The molecule has 2 unspecified atom stereocenters. The van der Waals surface area contributed by atoms with Crippen LogP contribution in [0.3, 0.4) is 0 Å². The lowest BCUT2D eigenvalue weighted by molar-refractivity contribution is -0.138. The highest BCUT2D eigenvalue weighted by Gasteiger charge is 2.26. The first-order valence-electron chi connectivity index (χ1n) is 6.48. The topological polar surface area (TPSA) is 151 Å². The van der Waals surface area contributed by atoms with Crippen LogP contribution in [0.4, 0.5) is 0 Å². The van der Waals surface area contributed by atoms with Crippen molar-refractivity contribution in [2.75, 3.05) is 13.1 Å². The standard InChI is InChI=1S/C12H22N4O5/c1-6(2)10(16-8(17)4-13)12(21)15-7(3)11(20)14-5-9(18)19/h6-7,10H,4-5,13H2,1-3H3,(H,14,20)(H,15,21)(H,16,17)(H,18,19). The van der Waals surface area contributed by atoms with Gasteiger partial charge in [0.15, 0.2) is 0 Å². The third-order valence-electron chi connectivity index (χ3n) is 2.62. The van der Waals surface area contributed by atoms with E-state index in [1.165, 1.54) is 6.92 Å². The highest BCUT2D eigenvalue weighted by atomic mass is 16.4. The monoisotopic (exact) mass is 302 g/mol. The first-order valence-corrected chi connectivity index (χ1v) is 6.48. The van der Waals surface area contributed by atoms with Gasteiger partial charge < -0.3 is 26.8 Å². The average Bonchev–Trinajstić information content (AvgIpc) is 2.40. The van der Waals surface area contributed by atoms with Crippen LogP contribution in [0.25, 0.3) is 0 Å². The molecule has 0 aromatic rings. The lowest BCUT2D eigenvalue weighted by atomic mass is 10.0. The Morgan fingerprint density at radius 2 is 1.62 bits per heavy atom. The maximum Gasteiger partial charge on any atom is 0.322 e. The fraction of sp³-hybridized carbons (Fsp3) is 0.667. The number of hydrogen-bond acceptors (Lipinski definition) is 5. The molecule has 0 rings (SSSR count). The Morgan fingerprint density at radius 1 is 1.05 bits per heavy atom. The van der Waals surface area contributed by atoms with E-state index in [-0.39, 0.29) is 12.5 Å². The molecule has 3 amide bonds. The maximum absolute atomic E-state index is 12.0. The first kappa shape index (κ1) is 18.8. The van der Waals surface area contributed by atoms with E-state index in [0.29, 0.717) is 0 Å². The molecule has 6 N–H and O–H groups in total. The number of carboxylic acid groups (broad SMARTS) is 1. The van der Waals surface area contributed by atoms with Crippen LogP contribution in [0.15, 0.2) is 0 Å². The van der Waals surface area contributed by atoms with Gasteiger partial charge in [0.25, 0.3) is 0 Å². The molecule has 2 atom stereocenters. The quantitative estimate of drug-likeness (QED) is 0.343. The van der Waals surface area contributed by atoms with Crippen molar-refractivity contribution in [3.63, 3.8) is 0 Å². The van der Waals surface area contributed by atoms with E-state index in [0.717, 1.165) is 0 Å². The Morgan fingerprint density at radius 3 is 2.05 bits per heavy atom. The van der Waals surface area contributed by atoms with Gasteiger partial charge in [0.1, 0.15) is 18.6 Å². The molecule has 0 aliphatic heterocycles. The van der Waals surface area contributed by atoms with E-state index in [4.69, 9.17) is 10.8 Å². The first-order chi connectivity index (χ1) is 9.68. The number of carbonyl (C=O) groups excluding carboxylic acids is 3. The minimum atomic E-state index is -1.18. The van der Waals surface area contributed by atoms with E-state index < -0.39 is 42.3 Å². The van der Waals surface area contributed by atoms with Crippen LogP contribution in [0.5, 0.6) is 0 Å². The molecule has 0 aromatic carbocycles. The molecule has 0 bridgehead atoms. The van der Waals surface area contributed by atoms with E-state index >= 15 is 0 Å². The van der Waals surface area contributed by atoms with Gasteiger partial charge in [0.05, 0.1) is 6.54 Å². The van der Waals surface area contributed by atoms with E-state index in [9.17, 15) is 19.2 Å². The molecule has 21 heavy (non-hydrogen) atoms. The van der Waals surface area contributed by atoms with Gasteiger partial charge >= 0.3 is 5.97 Å². The van der Waals surface area contributed by atoms with Gasteiger partial charge in [-0.15, -0.1) is 0 Å². The third kappa shape index (κ3) is 7.25. The molecule has 0 radical (unpaired) electrons. The minimum absolute atomic E-state index is 0.199. The Labute approximate surface area is 122 Å². The molecule has 0 aliphatic carbocycles. The molecular weight excluding hydrogens is 280 g/mol. The van der Waals surface area contributed by atoms with Crippen LogP contribution < -0.4 is 21.7 Å². The molecule has 0 fully saturated rings. The van der Waals surface area contributed by atoms with Crippen molar-refractivity contribution in [2.45, 2.75) is 32.9 Å². The lowest BCUT2D eigenvalue weighted by Gasteiger charge is -2.23. The van der Waals surface area contributed by atoms with Crippen molar-refractivity contribution in [3.05, 3.63) is 0 Å². The highest BCUT2D eigenvalue weighted by molar-refractivity contribution is 5.93. The zero-order valence-corrected chi connectivity index (χ0v) is 12.3. The predicted molar refractivity (Wildman–Crippen MR) is 74.1 cm³/mol. The molecule has 9 nitrogen and oxygen atoms in total. The number of carbonyl (C=O) groups is 4. The number of amides is 3. The average molecular weight is 302 g/mol. The molecule has 0 heterocycles. The van der Waals surface area contributed by atoms with Crippen molar-refractivity contribution in [1.29, 1.82) is 0 Å². The highest BCUT2D eigenvalue weighted by Crippen LogP contribution is 2.02. The van der Waals surface area contributed by atoms with Crippen molar-refractivity contribution >= 4 is 23.7 Å². The van der Waals surface area contributed by atoms with Crippen LogP contribution in [0.1, 0.15) is 20.8 Å². The summed E-state index contributed by atoms with van der Waals surface area (Å²) in [4.78, 5) is 45.2. The summed E-state index contributed by atoms with van der Waals surface area (Å²) in [6.07, 6.45) is 0. The Balaban J connectivity index is 4.56. The molecule has 0 aromatic heterocycles. The second-order valence-electron chi connectivity index (χ2n) is 4.84. The summed E-state index contributed by atoms with van der Waals surface area (Å²) >= 11 is 0. The van der Waals surface area contributed by atoms with Crippen molar-refractivity contribution in [2.24, 2.45) is 11.7 Å². The molecule has 9 heteroatoms. The number of hydrogen-bond donors (Lipinski definition) is 5. The molecule has 0 saturated heterocycles. The van der Waals surface area contributed by atoms with Crippen LogP contribution in [0.2, 0.25) is 0 Å². The Hall–Kier alpha value is -2.16. The van der Waals surface area contributed by atoms with Gasteiger partial charge in [-0.3, -0.25) is 19.2 Å². The van der Waals surface area contributed by atoms with E-state index in [1.807, 2.05) is 0 Å². The van der Waals surface area contributed by atoms with E-state index in [1.54, 1.807) is 13.8 Å². The number of nitrogens with two attached hydrogens (primary N) is 1. The number of carboxylic acids is 1. The van der Waals surface area contributed by atoms with Gasteiger partial charge in [-0.2, -0.15) is 0 Å². The maximum atomic E-state index is 12.0. The summed E-state index contributed by atoms with van der Waals surface area (Å²) in [5.74, 6) is -3.03. The van der Waals surface area contributed by atoms with Crippen LogP contribution in [-0.4, -0.2) is 54.0 Å². The van der Waals surface area contributed by atoms with Crippen LogP contribution in [-0.2, 0) is 19.2 Å². The number of aliphatic carboxylic acids is 1. The fourth-order valence-electron chi connectivity index (χ4n) is 1.45. The minimum Gasteiger partial charge on any atom is -0.480 e. The SMILES string of the molecule is CC(NC(=O)C(NC(=O)CN)C(C)C)C(=O)NCC(=O)O. The van der Waals surface area contributed by atoms with Gasteiger partial charge in [0.2, 0.25) is 17.7 Å². The summed E-state index contributed by atoms with van der Waals surface area (Å²) in [5.41, 5.74) is 5.17. The summed E-state index contributed by atoms with van der Waals surface area (Å²) < 4.78 is 0. The zero-order chi connectivity index (χ0) is 16.6. The Bertz CT molecular complexity index is 410. The van der Waals surface area contributed by atoms with E-state index in [2.05, 4.69) is 16.0 Å². The summed E-state index contributed by atoms with van der Waals surface area (Å²) in [6, 6.07) is -1.75. The largest absolute Gasteiger partial charge is 0.480 e. The van der Waals surface area contributed by atoms with Crippen molar-refractivity contribution in [1.82, 2.24) is 16.0 Å². The fourth-order valence-corrected chi connectivity index (χ4v) is 1.45. The van der Waals surface area contributed by atoms with Gasteiger partial charge in [-0.25, -0.2) is 0 Å². The number of rotatable bonds is 8. The van der Waals surface area contributed by atoms with Gasteiger partial charge in [-0.05, 0) is 12.8 Å². The second kappa shape index (κ2) is 8.90. The zero-order valence-electron chi connectivity index (χ0n) is 12.3. The molecule has 0 saturated carbocycles. The lowest BCUT2D eigenvalue weighted by Crippen LogP contribution is -2.55. The predicted octanol–water partition coefficient (Wildman–Crippen LogP) is -2.21. The van der Waals surface area contributed by atoms with Gasteiger partial charge in [0, 0.05) is 0 Å². The smallest absolute Gasteiger partial charge is 0.322 e. The normalized spacial score (nSPS) is 13.2. The third-order valence-corrected chi connectivity index (χ3v) is 2.62. The molecule has 0 aliphatic rings. The molecule has 0 spiro atoms. The molecule has 120 valence electrons.